The third-order valence-corrected chi connectivity index (χ3v) is 7.60. The van der Waals surface area contributed by atoms with Gasteiger partial charge in [0.2, 0.25) is 5.91 Å². The second-order valence-electron chi connectivity index (χ2n) is 8.05. The van der Waals surface area contributed by atoms with Gasteiger partial charge < -0.3 is 9.88 Å². The number of benzene rings is 3. The highest BCUT2D eigenvalue weighted by Gasteiger charge is 2.27. The highest BCUT2D eigenvalue weighted by Crippen LogP contribution is 2.25. The highest BCUT2D eigenvalue weighted by atomic mass is 35.5. The van der Waals surface area contributed by atoms with Crippen LogP contribution in [0.4, 0.5) is 5.69 Å². The number of sulfonamides is 1. The zero-order valence-electron chi connectivity index (χ0n) is 19.3. The number of para-hydroxylation sites is 1. The zero-order chi connectivity index (χ0) is 25.0. The van der Waals surface area contributed by atoms with Gasteiger partial charge in [-0.2, -0.15) is 0 Å². The summed E-state index contributed by atoms with van der Waals surface area (Å²) in [6.07, 6.45) is 3.57. The molecule has 0 saturated carbocycles. The van der Waals surface area contributed by atoms with Crippen molar-refractivity contribution in [2.24, 2.45) is 0 Å². The molecular formula is C26H25ClN4O3S. The normalized spacial score (nSPS) is 11.3. The summed E-state index contributed by atoms with van der Waals surface area (Å²) in [4.78, 5) is 17.4. The number of nitrogens with one attached hydrogen (secondary N) is 1. The quantitative estimate of drug-likeness (QED) is 0.375. The van der Waals surface area contributed by atoms with E-state index < -0.39 is 15.9 Å². The fourth-order valence-electron chi connectivity index (χ4n) is 3.67. The van der Waals surface area contributed by atoms with Crippen LogP contribution in [-0.2, 0) is 21.4 Å². The Bertz CT molecular complexity index is 1430. The molecule has 0 spiro atoms. The minimum absolute atomic E-state index is 0.103. The summed E-state index contributed by atoms with van der Waals surface area (Å²) in [6, 6.07) is 20.5. The Kier molecular flexibility index (Phi) is 7.23. The Hall–Kier alpha value is -3.62. The Labute approximate surface area is 210 Å². The zero-order valence-corrected chi connectivity index (χ0v) is 20.9. The van der Waals surface area contributed by atoms with Gasteiger partial charge in [-0.1, -0.05) is 47.5 Å². The van der Waals surface area contributed by atoms with Crippen molar-refractivity contribution in [2.75, 3.05) is 10.8 Å². The molecule has 180 valence electrons. The molecule has 0 aliphatic carbocycles. The van der Waals surface area contributed by atoms with Crippen molar-refractivity contribution < 1.29 is 13.2 Å². The number of anilines is 1. The van der Waals surface area contributed by atoms with Crippen LogP contribution < -0.4 is 9.62 Å². The summed E-state index contributed by atoms with van der Waals surface area (Å²) in [5.74, 6) is 0.384. The van der Waals surface area contributed by atoms with Gasteiger partial charge in [0.15, 0.2) is 0 Å². The highest BCUT2D eigenvalue weighted by molar-refractivity contribution is 7.92. The number of hydrogen-bond acceptors (Lipinski definition) is 4. The van der Waals surface area contributed by atoms with Crippen molar-refractivity contribution >= 4 is 33.2 Å². The van der Waals surface area contributed by atoms with E-state index in [0.717, 1.165) is 26.9 Å². The third-order valence-electron chi connectivity index (χ3n) is 5.56. The molecule has 0 unspecified atom stereocenters. The molecule has 3 aromatic carbocycles. The van der Waals surface area contributed by atoms with Gasteiger partial charge in [0.1, 0.15) is 12.4 Å². The van der Waals surface area contributed by atoms with Crippen molar-refractivity contribution in [1.29, 1.82) is 0 Å². The van der Waals surface area contributed by atoms with Crippen LogP contribution in [0.5, 0.6) is 0 Å². The van der Waals surface area contributed by atoms with Gasteiger partial charge in [-0.05, 0) is 61.9 Å². The van der Waals surface area contributed by atoms with Crippen LogP contribution in [0, 0.1) is 13.8 Å². The number of imidazole rings is 1. The molecule has 4 rings (SSSR count). The second-order valence-corrected chi connectivity index (χ2v) is 10.3. The van der Waals surface area contributed by atoms with Crippen molar-refractivity contribution in [1.82, 2.24) is 14.9 Å². The van der Waals surface area contributed by atoms with Crippen LogP contribution in [0.1, 0.15) is 17.0 Å². The molecule has 7 nitrogen and oxygen atoms in total. The molecule has 0 atom stereocenters. The number of aromatic nitrogens is 2. The fraction of sp³-hybridized carbons (Fsp3) is 0.154. The predicted octanol–water partition coefficient (Wildman–Crippen LogP) is 4.65. The van der Waals surface area contributed by atoms with Gasteiger partial charge in [-0.25, -0.2) is 13.4 Å². The van der Waals surface area contributed by atoms with Crippen molar-refractivity contribution in [3.8, 4) is 5.69 Å². The molecule has 1 N–H and O–H groups in total. The lowest BCUT2D eigenvalue weighted by Gasteiger charge is -2.24. The summed E-state index contributed by atoms with van der Waals surface area (Å²) in [5.41, 5.74) is 3.05. The average Bonchev–Trinajstić information content (AvgIpc) is 3.28. The lowest BCUT2D eigenvalue weighted by atomic mass is 10.1. The van der Waals surface area contributed by atoms with E-state index in [-0.39, 0.29) is 18.0 Å². The van der Waals surface area contributed by atoms with Crippen LogP contribution in [0.15, 0.2) is 90.1 Å². The van der Waals surface area contributed by atoms with E-state index in [9.17, 15) is 13.2 Å². The van der Waals surface area contributed by atoms with E-state index >= 15 is 0 Å². The first-order chi connectivity index (χ1) is 16.8. The molecule has 1 amide bonds. The Morgan fingerprint density at radius 2 is 1.69 bits per heavy atom. The van der Waals surface area contributed by atoms with Crippen LogP contribution >= 0.6 is 11.6 Å². The van der Waals surface area contributed by atoms with Crippen LogP contribution in [0.3, 0.4) is 0 Å². The van der Waals surface area contributed by atoms with E-state index in [2.05, 4.69) is 10.3 Å². The molecule has 4 aromatic rings. The first kappa shape index (κ1) is 24.5. The lowest BCUT2D eigenvalue weighted by Crippen LogP contribution is -2.40. The van der Waals surface area contributed by atoms with Crippen molar-refractivity contribution in [3.63, 3.8) is 0 Å². The van der Waals surface area contributed by atoms with Gasteiger partial charge in [-0.3, -0.25) is 9.10 Å². The van der Waals surface area contributed by atoms with Gasteiger partial charge in [0.25, 0.3) is 10.0 Å². The molecule has 35 heavy (non-hydrogen) atoms. The maximum Gasteiger partial charge on any atom is 0.264 e. The van der Waals surface area contributed by atoms with E-state index in [1.807, 2.05) is 48.9 Å². The van der Waals surface area contributed by atoms with Crippen LogP contribution in [0.25, 0.3) is 5.69 Å². The smallest absolute Gasteiger partial charge is 0.264 e. The molecule has 1 heterocycles. The fourth-order valence-corrected chi connectivity index (χ4v) is 5.21. The summed E-state index contributed by atoms with van der Waals surface area (Å²) in [7, 11) is -3.99. The van der Waals surface area contributed by atoms with Crippen molar-refractivity contribution in [3.05, 3.63) is 107 Å². The first-order valence-corrected chi connectivity index (χ1v) is 12.8. The number of aryl methyl sites for hydroxylation is 2. The molecule has 9 heteroatoms. The number of rotatable bonds is 8. The van der Waals surface area contributed by atoms with Gasteiger partial charge in [-0.15, -0.1) is 0 Å². The number of carbonyl (C=O) groups is 1. The standard InChI is InChI=1S/C26H25ClN4O3S/c1-19-7-13-24(14-8-19)35(33,34)31(23-11-9-22(27)10-12-23)18-26(32)29-17-21-5-3-4-6-25(21)30-16-15-28-20(30)2/h3-16H,17-18H2,1-2H3,(H,29,32). The number of nitrogens with zero attached hydrogens (tertiary/aromatic N) is 3. The Morgan fingerprint density at radius 3 is 2.34 bits per heavy atom. The predicted molar refractivity (Wildman–Crippen MR) is 137 cm³/mol. The molecule has 0 saturated heterocycles. The van der Waals surface area contributed by atoms with E-state index in [1.165, 1.54) is 12.1 Å². The average molecular weight is 509 g/mol. The SMILES string of the molecule is Cc1ccc(S(=O)(=O)N(CC(=O)NCc2ccccc2-n2ccnc2C)c2ccc(Cl)cc2)cc1. The minimum atomic E-state index is -3.99. The van der Waals surface area contributed by atoms with Gasteiger partial charge >= 0.3 is 0 Å². The Balaban J connectivity index is 1.58. The molecular weight excluding hydrogens is 484 g/mol. The van der Waals surface area contributed by atoms with E-state index in [0.29, 0.717) is 10.7 Å². The first-order valence-electron chi connectivity index (χ1n) is 11.0. The molecule has 0 aliphatic heterocycles. The summed E-state index contributed by atoms with van der Waals surface area (Å²) < 4.78 is 30.0. The van der Waals surface area contributed by atoms with E-state index in [1.54, 1.807) is 42.6 Å². The largest absolute Gasteiger partial charge is 0.350 e. The van der Waals surface area contributed by atoms with Crippen molar-refractivity contribution in [2.45, 2.75) is 25.3 Å². The summed E-state index contributed by atoms with van der Waals surface area (Å²) in [6.45, 7) is 3.62. The third kappa shape index (κ3) is 5.55. The maximum absolute atomic E-state index is 13.5. The topological polar surface area (TPSA) is 84.3 Å². The van der Waals surface area contributed by atoms with Crippen LogP contribution in [0.2, 0.25) is 5.02 Å². The van der Waals surface area contributed by atoms with Gasteiger partial charge in [0, 0.05) is 24.0 Å². The Morgan fingerprint density at radius 1 is 1.00 bits per heavy atom. The summed E-state index contributed by atoms with van der Waals surface area (Å²) in [5, 5.41) is 3.33. The summed E-state index contributed by atoms with van der Waals surface area (Å²) >= 11 is 6.00. The molecule has 1 aromatic heterocycles. The second kappa shape index (κ2) is 10.3. The molecule has 0 bridgehead atoms. The molecule has 0 fully saturated rings. The molecule has 0 aliphatic rings. The monoisotopic (exact) mass is 508 g/mol. The minimum Gasteiger partial charge on any atom is -0.350 e. The van der Waals surface area contributed by atoms with Crippen LogP contribution in [-0.4, -0.2) is 30.4 Å². The number of amides is 1. The lowest BCUT2D eigenvalue weighted by molar-refractivity contribution is -0.119. The van der Waals surface area contributed by atoms with Gasteiger partial charge in [0.05, 0.1) is 16.3 Å². The van der Waals surface area contributed by atoms with E-state index in [4.69, 9.17) is 11.6 Å². The molecule has 0 radical (unpaired) electrons. The maximum atomic E-state index is 13.5. The number of carbonyl (C=O) groups excluding carboxylic acids is 1. The number of hydrogen-bond donors (Lipinski definition) is 1. The number of halogens is 1.